The maximum absolute atomic E-state index is 4.45. The van der Waals surface area contributed by atoms with Crippen molar-refractivity contribution in [3.05, 3.63) is 77.6 Å². The van der Waals surface area contributed by atoms with Gasteiger partial charge in [-0.05, 0) is 17.2 Å². The summed E-state index contributed by atoms with van der Waals surface area (Å²) in [6, 6.07) is 20.5. The molecule has 4 heteroatoms. The fourth-order valence-electron chi connectivity index (χ4n) is 1.86. The second kappa shape index (κ2) is 6.90. The Morgan fingerprint density at radius 3 is 2.38 bits per heavy atom. The second-order valence-corrected chi connectivity index (χ2v) is 5.46. The summed E-state index contributed by atoms with van der Waals surface area (Å²) in [4.78, 5) is 4.45. The molecule has 2 aromatic carbocycles. The highest BCUT2D eigenvalue weighted by atomic mass is 32.2. The molecule has 0 aliphatic heterocycles. The molecule has 0 amide bonds. The highest BCUT2D eigenvalue weighted by molar-refractivity contribution is 7.98. The predicted octanol–water partition coefficient (Wildman–Crippen LogP) is 4.27. The van der Waals surface area contributed by atoms with Crippen LogP contribution in [0.2, 0.25) is 0 Å². The van der Waals surface area contributed by atoms with Gasteiger partial charge in [0.15, 0.2) is 0 Å². The number of thioether (sulfide) groups is 1. The summed E-state index contributed by atoms with van der Waals surface area (Å²) < 4.78 is 0. The van der Waals surface area contributed by atoms with Crippen LogP contribution in [0.15, 0.2) is 65.8 Å². The van der Waals surface area contributed by atoms with Gasteiger partial charge in [-0.1, -0.05) is 78.5 Å². The highest BCUT2D eigenvalue weighted by Gasteiger charge is 2.02. The Kier molecular flexibility index (Phi) is 4.49. The summed E-state index contributed by atoms with van der Waals surface area (Å²) in [7, 11) is 0. The number of hydrogen-bond acceptors (Lipinski definition) is 3. The van der Waals surface area contributed by atoms with Crippen LogP contribution >= 0.6 is 11.8 Å². The number of nitrogens with zero attached hydrogens (tertiary/aromatic N) is 2. The molecule has 0 spiro atoms. The van der Waals surface area contributed by atoms with Crippen molar-refractivity contribution < 1.29 is 0 Å². The Labute approximate surface area is 128 Å². The molecule has 3 aromatic rings. The van der Waals surface area contributed by atoms with Crippen LogP contribution in [0.4, 0.5) is 0 Å². The summed E-state index contributed by atoms with van der Waals surface area (Å²) in [6.45, 7) is 0. The van der Waals surface area contributed by atoms with E-state index in [-0.39, 0.29) is 0 Å². The number of benzene rings is 2. The summed E-state index contributed by atoms with van der Waals surface area (Å²) in [6.07, 6.45) is 3.96. The third-order valence-corrected chi connectivity index (χ3v) is 3.84. The zero-order valence-electron chi connectivity index (χ0n) is 11.4. The fourth-order valence-corrected chi connectivity index (χ4v) is 2.62. The smallest absolute Gasteiger partial charge is 0.209 e. The van der Waals surface area contributed by atoms with E-state index in [2.05, 4.69) is 39.4 Å². The minimum atomic E-state index is 0.770. The SMILES string of the molecule is C(=Cc1nc(SCc2ccccc2)n[nH]1)c1ccccc1. The van der Waals surface area contributed by atoms with Gasteiger partial charge in [0.05, 0.1) is 0 Å². The lowest BCUT2D eigenvalue weighted by molar-refractivity contribution is 0.972. The summed E-state index contributed by atoms with van der Waals surface area (Å²) in [5.74, 6) is 1.65. The van der Waals surface area contributed by atoms with Crippen LogP contribution in [0.3, 0.4) is 0 Å². The molecule has 0 aliphatic rings. The van der Waals surface area contributed by atoms with Crippen molar-refractivity contribution >= 4 is 23.9 Å². The largest absolute Gasteiger partial charge is 0.259 e. The Morgan fingerprint density at radius 1 is 0.905 bits per heavy atom. The van der Waals surface area contributed by atoms with Gasteiger partial charge >= 0.3 is 0 Å². The van der Waals surface area contributed by atoms with Crippen molar-refractivity contribution in [2.45, 2.75) is 10.9 Å². The van der Waals surface area contributed by atoms with Crippen LogP contribution in [0.5, 0.6) is 0 Å². The molecular weight excluding hydrogens is 278 g/mol. The highest BCUT2D eigenvalue weighted by Crippen LogP contribution is 2.19. The Balaban J connectivity index is 1.60. The lowest BCUT2D eigenvalue weighted by Gasteiger charge is -1.96. The molecule has 0 saturated heterocycles. The average molecular weight is 293 g/mol. The molecule has 0 unspecified atom stereocenters. The monoisotopic (exact) mass is 293 g/mol. The van der Waals surface area contributed by atoms with E-state index < -0.39 is 0 Å². The maximum atomic E-state index is 4.45. The van der Waals surface area contributed by atoms with Crippen LogP contribution in [0.25, 0.3) is 12.2 Å². The van der Waals surface area contributed by atoms with Crippen molar-refractivity contribution in [1.29, 1.82) is 0 Å². The third-order valence-electron chi connectivity index (χ3n) is 2.93. The Morgan fingerprint density at radius 2 is 1.62 bits per heavy atom. The summed E-state index contributed by atoms with van der Waals surface area (Å²) in [5, 5.41) is 7.93. The number of H-pyrrole nitrogens is 1. The summed E-state index contributed by atoms with van der Waals surface area (Å²) >= 11 is 1.63. The number of nitrogens with one attached hydrogen (secondary N) is 1. The Hall–Kier alpha value is -2.33. The first kappa shape index (κ1) is 13.6. The lowest BCUT2D eigenvalue weighted by atomic mass is 10.2. The molecule has 0 aliphatic carbocycles. The van der Waals surface area contributed by atoms with E-state index >= 15 is 0 Å². The van der Waals surface area contributed by atoms with Gasteiger partial charge < -0.3 is 0 Å². The minimum Gasteiger partial charge on any atom is -0.259 e. The molecule has 104 valence electrons. The molecule has 0 radical (unpaired) electrons. The van der Waals surface area contributed by atoms with Crippen LogP contribution in [-0.4, -0.2) is 15.2 Å². The third kappa shape index (κ3) is 4.07. The maximum Gasteiger partial charge on any atom is 0.209 e. The van der Waals surface area contributed by atoms with Gasteiger partial charge in [-0.2, -0.15) is 0 Å². The number of aromatic nitrogens is 3. The zero-order valence-corrected chi connectivity index (χ0v) is 12.3. The number of rotatable bonds is 5. The van der Waals surface area contributed by atoms with Crippen molar-refractivity contribution in [3.63, 3.8) is 0 Å². The van der Waals surface area contributed by atoms with Crippen LogP contribution < -0.4 is 0 Å². The molecule has 1 aromatic heterocycles. The van der Waals surface area contributed by atoms with Gasteiger partial charge in [-0.25, -0.2) is 4.98 Å². The first-order valence-corrected chi connectivity index (χ1v) is 7.71. The van der Waals surface area contributed by atoms with E-state index in [1.165, 1.54) is 5.56 Å². The van der Waals surface area contributed by atoms with Crippen molar-refractivity contribution in [1.82, 2.24) is 15.2 Å². The average Bonchev–Trinajstić information content (AvgIpc) is 3.01. The molecule has 0 atom stereocenters. The van der Waals surface area contributed by atoms with Crippen molar-refractivity contribution in [2.24, 2.45) is 0 Å². The van der Waals surface area contributed by atoms with Crippen LogP contribution in [-0.2, 0) is 5.75 Å². The molecule has 3 rings (SSSR count). The van der Waals surface area contributed by atoms with Gasteiger partial charge in [0.1, 0.15) is 5.82 Å². The minimum absolute atomic E-state index is 0.770. The molecular formula is C17H15N3S. The Bertz CT molecular complexity index is 705. The normalized spacial score (nSPS) is 11.0. The first-order chi connectivity index (χ1) is 10.4. The molecule has 0 bridgehead atoms. The number of hydrogen-bond donors (Lipinski definition) is 1. The molecule has 1 heterocycles. The number of aromatic amines is 1. The van der Waals surface area contributed by atoms with E-state index in [9.17, 15) is 0 Å². The molecule has 3 nitrogen and oxygen atoms in total. The van der Waals surface area contributed by atoms with E-state index in [0.717, 1.165) is 22.3 Å². The van der Waals surface area contributed by atoms with Gasteiger partial charge in [0, 0.05) is 5.75 Å². The predicted molar refractivity (Wildman–Crippen MR) is 87.8 cm³/mol. The fraction of sp³-hybridized carbons (Fsp3) is 0.0588. The van der Waals surface area contributed by atoms with Crippen LogP contribution in [0.1, 0.15) is 17.0 Å². The zero-order chi connectivity index (χ0) is 14.3. The summed E-state index contributed by atoms with van der Waals surface area (Å²) in [5.41, 5.74) is 2.42. The van der Waals surface area contributed by atoms with E-state index in [0.29, 0.717) is 0 Å². The van der Waals surface area contributed by atoms with Gasteiger partial charge in [-0.15, -0.1) is 5.10 Å². The van der Waals surface area contributed by atoms with E-state index in [1.807, 2.05) is 48.6 Å². The van der Waals surface area contributed by atoms with Crippen LogP contribution in [0, 0.1) is 0 Å². The first-order valence-electron chi connectivity index (χ1n) is 6.72. The lowest BCUT2D eigenvalue weighted by Crippen LogP contribution is -1.80. The molecule has 1 N–H and O–H groups in total. The molecule has 0 saturated carbocycles. The molecule has 0 fully saturated rings. The van der Waals surface area contributed by atoms with Gasteiger partial charge in [0.2, 0.25) is 5.16 Å². The molecule has 21 heavy (non-hydrogen) atoms. The van der Waals surface area contributed by atoms with E-state index in [4.69, 9.17) is 0 Å². The standard InChI is InChI=1S/C17H15N3S/c1-3-7-14(8-4-1)11-12-16-18-17(20-19-16)21-13-15-9-5-2-6-10-15/h1-12H,13H2,(H,18,19,20). The van der Waals surface area contributed by atoms with Crippen molar-refractivity contribution in [2.75, 3.05) is 0 Å². The second-order valence-electron chi connectivity index (χ2n) is 4.52. The van der Waals surface area contributed by atoms with Crippen molar-refractivity contribution in [3.8, 4) is 0 Å². The van der Waals surface area contributed by atoms with Gasteiger partial charge in [-0.3, -0.25) is 5.10 Å². The van der Waals surface area contributed by atoms with Gasteiger partial charge in [0.25, 0.3) is 0 Å². The quantitative estimate of drug-likeness (QED) is 0.714. The topological polar surface area (TPSA) is 41.6 Å². The van der Waals surface area contributed by atoms with E-state index in [1.54, 1.807) is 11.8 Å².